The van der Waals surface area contributed by atoms with Crippen molar-refractivity contribution < 1.29 is 5.21 Å². The van der Waals surface area contributed by atoms with E-state index in [0.29, 0.717) is 16.9 Å². The number of rotatable bonds is 1. The lowest BCUT2D eigenvalue weighted by Crippen LogP contribution is -1.90. The molecule has 2 heterocycles. The van der Waals surface area contributed by atoms with E-state index >= 15 is 0 Å². The Morgan fingerprint density at radius 2 is 2.33 bits per heavy atom. The van der Waals surface area contributed by atoms with Crippen molar-refractivity contribution in [1.29, 1.82) is 0 Å². The average Bonchev–Trinajstić information content (AvgIpc) is 2.53. The van der Waals surface area contributed by atoms with Gasteiger partial charge in [-0.15, -0.1) is 0 Å². The first-order valence-electron chi connectivity index (χ1n) is 3.23. The van der Waals surface area contributed by atoms with E-state index in [1.165, 1.54) is 18.9 Å². The molecule has 0 aliphatic carbocycles. The molecule has 0 bridgehead atoms. The zero-order chi connectivity index (χ0) is 8.39. The largest absolute Gasteiger partial charge is 0.411 e. The van der Waals surface area contributed by atoms with Gasteiger partial charge in [0.15, 0.2) is 5.65 Å². The van der Waals surface area contributed by atoms with E-state index in [1.807, 2.05) is 0 Å². The van der Waals surface area contributed by atoms with Crippen molar-refractivity contribution in [3.05, 3.63) is 18.3 Å². The molecule has 2 aromatic rings. The maximum absolute atomic E-state index is 8.29. The Labute approximate surface area is 67.0 Å². The number of fused-ring (bicyclic) bond motifs is 1. The van der Waals surface area contributed by atoms with Crippen LogP contribution in [0.1, 0.15) is 5.69 Å². The highest BCUT2D eigenvalue weighted by Crippen LogP contribution is 2.06. The zero-order valence-corrected chi connectivity index (χ0v) is 5.97. The van der Waals surface area contributed by atoms with Crippen LogP contribution in [0.4, 0.5) is 0 Å². The number of H-pyrrole nitrogens is 1. The van der Waals surface area contributed by atoms with Gasteiger partial charge in [0.2, 0.25) is 0 Å². The van der Waals surface area contributed by atoms with Crippen LogP contribution in [0.5, 0.6) is 0 Å². The second-order valence-electron chi connectivity index (χ2n) is 2.10. The predicted molar refractivity (Wildman–Crippen MR) is 41.1 cm³/mol. The van der Waals surface area contributed by atoms with Crippen molar-refractivity contribution in [2.24, 2.45) is 5.16 Å². The molecule has 0 unspecified atom stereocenters. The Morgan fingerprint density at radius 3 is 3.17 bits per heavy atom. The highest BCUT2D eigenvalue weighted by molar-refractivity contribution is 5.91. The summed E-state index contributed by atoms with van der Waals surface area (Å²) in [5, 5.41) is 11.2. The highest BCUT2D eigenvalue weighted by atomic mass is 16.4. The van der Waals surface area contributed by atoms with Crippen LogP contribution in [-0.2, 0) is 0 Å². The molecular formula is C6H5N5O. The van der Waals surface area contributed by atoms with Gasteiger partial charge < -0.3 is 10.2 Å². The van der Waals surface area contributed by atoms with Gasteiger partial charge >= 0.3 is 0 Å². The summed E-state index contributed by atoms with van der Waals surface area (Å²) in [5.41, 5.74) is 1.73. The van der Waals surface area contributed by atoms with Gasteiger partial charge in [-0.05, 0) is 0 Å². The molecule has 60 valence electrons. The minimum atomic E-state index is 0.514. The normalized spacial score (nSPS) is 11.3. The van der Waals surface area contributed by atoms with E-state index in [1.54, 1.807) is 0 Å². The fourth-order valence-electron chi connectivity index (χ4n) is 0.936. The number of nitrogens with zero attached hydrogens (tertiary/aromatic N) is 4. The first-order valence-corrected chi connectivity index (χ1v) is 3.23. The summed E-state index contributed by atoms with van der Waals surface area (Å²) >= 11 is 0. The van der Waals surface area contributed by atoms with Gasteiger partial charge in [0.25, 0.3) is 0 Å². The van der Waals surface area contributed by atoms with E-state index in [0.717, 1.165) is 0 Å². The van der Waals surface area contributed by atoms with Crippen LogP contribution in [0, 0.1) is 0 Å². The van der Waals surface area contributed by atoms with Gasteiger partial charge in [0, 0.05) is 0 Å². The van der Waals surface area contributed by atoms with Crippen molar-refractivity contribution in [1.82, 2.24) is 19.9 Å². The van der Waals surface area contributed by atoms with E-state index in [9.17, 15) is 0 Å². The molecule has 0 aliphatic rings. The second-order valence-corrected chi connectivity index (χ2v) is 2.10. The first kappa shape index (κ1) is 6.71. The van der Waals surface area contributed by atoms with Crippen molar-refractivity contribution in [2.45, 2.75) is 0 Å². The number of aromatic amines is 1. The number of nitrogens with one attached hydrogen (secondary N) is 1. The monoisotopic (exact) mass is 163 g/mol. The number of imidazole rings is 1. The second kappa shape index (κ2) is 2.57. The molecule has 2 rings (SSSR count). The lowest BCUT2D eigenvalue weighted by molar-refractivity contribution is 0.321. The Morgan fingerprint density at radius 1 is 1.42 bits per heavy atom. The molecule has 2 N–H and O–H groups in total. The number of hydrogen-bond acceptors (Lipinski definition) is 5. The third kappa shape index (κ3) is 0.895. The molecule has 0 amide bonds. The molecule has 0 radical (unpaired) electrons. The van der Waals surface area contributed by atoms with Crippen LogP contribution in [-0.4, -0.2) is 31.4 Å². The molecule has 2 aromatic heterocycles. The van der Waals surface area contributed by atoms with E-state index in [4.69, 9.17) is 5.21 Å². The Balaban J connectivity index is 2.73. The van der Waals surface area contributed by atoms with Gasteiger partial charge in [-0.25, -0.2) is 15.0 Å². The van der Waals surface area contributed by atoms with Crippen LogP contribution in [0.2, 0.25) is 0 Å². The molecule has 0 atom stereocenters. The lowest BCUT2D eigenvalue weighted by atomic mass is 10.4. The predicted octanol–water partition coefficient (Wildman–Crippen LogP) is 0.161. The molecule has 12 heavy (non-hydrogen) atoms. The summed E-state index contributed by atoms with van der Waals surface area (Å²) in [6.07, 6.45) is 4.09. The van der Waals surface area contributed by atoms with Crippen LogP contribution in [0.15, 0.2) is 17.8 Å². The van der Waals surface area contributed by atoms with Gasteiger partial charge in [-0.3, -0.25) is 0 Å². The van der Waals surface area contributed by atoms with E-state index in [2.05, 4.69) is 25.1 Å². The van der Waals surface area contributed by atoms with Gasteiger partial charge in [-0.1, -0.05) is 5.16 Å². The van der Waals surface area contributed by atoms with Gasteiger partial charge in [-0.2, -0.15) is 0 Å². The molecule has 0 aromatic carbocycles. The van der Waals surface area contributed by atoms with E-state index < -0.39 is 0 Å². The SMILES string of the molecule is O/N=C/c1ncnc2nc[nH]c12. The van der Waals surface area contributed by atoms with Crippen molar-refractivity contribution in [3.8, 4) is 0 Å². The summed E-state index contributed by atoms with van der Waals surface area (Å²) in [5.74, 6) is 0. The van der Waals surface area contributed by atoms with Crippen LogP contribution >= 0.6 is 0 Å². The van der Waals surface area contributed by atoms with Gasteiger partial charge in [0.1, 0.15) is 17.5 Å². The Bertz CT molecular complexity index is 421. The number of hydrogen-bond donors (Lipinski definition) is 2. The molecule has 0 saturated heterocycles. The quantitative estimate of drug-likeness (QED) is 0.356. The summed E-state index contributed by atoms with van der Waals surface area (Å²) in [6, 6.07) is 0. The smallest absolute Gasteiger partial charge is 0.181 e. The minimum Gasteiger partial charge on any atom is -0.411 e. The van der Waals surface area contributed by atoms with Crippen LogP contribution < -0.4 is 0 Å². The average molecular weight is 163 g/mol. The number of oxime groups is 1. The molecule has 6 heteroatoms. The topological polar surface area (TPSA) is 87.1 Å². The van der Waals surface area contributed by atoms with E-state index in [-0.39, 0.29) is 0 Å². The summed E-state index contributed by atoms with van der Waals surface area (Å²) in [7, 11) is 0. The maximum Gasteiger partial charge on any atom is 0.181 e. The van der Waals surface area contributed by atoms with Gasteiger partial charge in [0.05, 0.1) is 12.5 Å². The maximum atomic E-state index is 8.29. The third-order valence-corrected chi connectivity index (χ3v) is 1.43. The Kier molecular flexibility index (Phi) is 1.44. The number of aromatic nitrogens is 4. The fraction of sp³-hybridized carbons (Fsp3) is 0. The zero-order valence-electron chi connectivity index (χ0n) is 5.97. The third-order valence-electron chi connectivity index (χ3n) is 1.43. The molecule has 6 nitrogen and oxygen atoms in total. The van der Waals surface area contributed by atoms with Crippen molar-refractivity contribution >= 4 is 17.4 Å². The first-order chi connectivity index (χ1) is 5.92. The molecular weight excluding hydrogens is 158 g/mol. The minimum absolute atomic E-state index is 0.514. The fourth-order valence-corrected chi connectivity index (χ4v) is 0.936. The lowest BCUT2D eigenvalue weighted by Gasteiger charge is -1.90. The van der Waals surface area contributed by atoms with Crippen LogP contribution in [0.3, 0.4) is 0 Å². The molecule has 0 saturated carbocycles. The Hall–Kier alpha value is -1.98. The summed E-state index contributed by atoms with van der Waals surface area (Å²) in [6.45, 7) is 0. The summed E-state index contributed by atoms with van der Waals surface area (Å²) < 4.78 is 0. The molecule has 0 fully saturated rings. The molecule has 0 aliphatic heterocycles. The van der Waals surface area contributed by atoms with Crippen molar-refractivity contribution in [3.63, 3.8) is 0 Å². The van der Waals surface area contributed by atoms with Crippen LogP contribution in [0.25, 0.3) is 11.2 Å². The summed E-state index contributed by atoms with van der Waals surface area (Å²) in [4.78, 5) is 14.5. The van der Waals surface area contributed by atoms with Crippen molar-refractivity contribution in [2.75, 3.05) is 0 Å². The highest BCUT2D eigenvalue weighted by Gasteiger charge is 2.01. The standard InChI is InChI=1S/C6H5N5O/c12-11-1-4-5-6(9-2-7-4)10-3-8-5/h1-3,12H,(H,7,8,9,10)/b11-1+. The molecule has 0 spiro atoms.